The molecule has 1 aliphatic heterocycles. The van der Waals surface area contributed by atoms with Crippen molar-refractivity contribution in [3.05, 3.63) is 23.3 Å². The number of alkyl halides is 1. The lowest BCUT2D eigenvalue weighted by molar-refractivity contribution is 0.322. The summed E-state index contributed by atoms with van der Waals surface area (Å²) in [6.07, 6.45) is 1.37. The number of hydrogen-bond donors (Lipinski definition) is 1. The number of rotatable bonds is 4. The summed E-state index contributed by atoms with van der Waals surface area (Å²) in [6, 6.07) is 0.329. The van der Waals surface area contributed by atoms with Gasteiger partial charge in [-0.2, -0.15) is 0 Å². The second kappa shape index (κ2) is 5.45. The molecule has 1 rings (SSSR count). The van der Waals surface area contributed by atoms with Crippen molar-refractivity contribution < 1.29 is 4.39 Å². The van der Waals surface area contributed by atoms with Crippen LogP contribution < -0.4 is 5.32 Å². The monoisotopic (exact) mass is 211 g/mol. The van der Waals surface area contributed by atoms with E-state index in [2.05, 4.69) is 25.7 Å². The van der Waals surface area contributed by atoms with Gasteiger partial charge in [0.05, 0.1) is 0 Å². The Hall–Kier alpha value is -0.630. The first kappa shape index (κ1) is 12.4. The molecule has 1 heterocycles. The molecule has 1 nitrogen and oxygen atoms in total. The second-order valence-corrected chi connectivity index (χ2v) is 4.43. The van der Waals surface area contributed by atoms with Gasteiger partial charge < -0.3 is 5.32 Å². The summed E-state index contributed by atoms with van der Waals surface area (Å²) in [4.78, 5) is 0. The first-order chi connectivity index (χ1) is 7.06. The molecule has 15 heavy (non-hydrogen) atoms. The van der Waals surface area contributed by atoms with Crippen LogP contribution in [0.2, 0.25) is 0 Å². The Labute approximate surface area is 92.4 Å². The van der Waals surface area contributed by atoms with Crippen LogP contribution in [0.3, 0.4) is 0 Å². The average molecular weight is 211 g/mol. The number of hydrogen-bond acceptors (Lipinski definition) is 1. The van der Waals surface area contributed by atoms with E-state index in [9.17, 15) is 4.39 Å². The molecule has 1 aliphatic rings. The Morgan fingerprint density at radius 1 is 1.67 bits per heavy atom. The smallest absolute Gasteiger partial charge is 0.104 e. The van der Waals surface area contributed by atoms with Gasteiger partial charge >= 0.3 is 0 Å². The molecule has 0 aliphatic carbocycles. The summed E-state index contributed by atoms with van der Waals surface area (Å²) < 4.78 is 13.3. The zero-order valence-electron chi connectivity index (χ0n) is 10.1. The fourth-order valence-corrected chi connectivity index (χ4v) is 2.21. The van der Waals surface area contributed by atoms with Crippen LogP contribution in [0.1, 0.15) is 40.0 Å². The van der Waals surface area contributed by atoms with E-state index >= 15 is 0 Å². The highest BCUT2D eigenvalue weighted by atomic mass is 19.1. The van der Waals surface area contributed by atoms with E-state index in [0.29, 0.717) is 18.9 Å². The summed E-state index contributed by atoms with van der Waals surface area (Å²) >= 11 is 0. The fourth-order valence-electron chi connectivity index (χ4n) is 2.21. The summed E-state index contributed by atoms with van der Waals surface area (Å²) in [6.45, 7) is 11.2. The molecule has 1 N–H and O–H groups in total. The maximum atomic E-state index is 13.3. The minimum Gasteiger partial charge on any atom is -0.310 e. The van der Waals surface area contributed by atoms with Gasteiger partial charge in [-0.25, -0.2) is 4.39 Å². The first-order valence-electron chi connectivity index (χ1n) is 5.81. The fraction of sp³-hybridized carbons (Fsp3) is 0.692. The second-order valence-electron chi connectivity index (χ2n) is 4.43. The summed E-state index contributed by atoms with van der Waals surface area (Å²) in [5.74, 6) is 0. The van der Waals surface area contributed by atoms with E-state index in [1.165, 1.54) is 11.1 Å². The van der Waals surface area contributed by atoms with Crippen molar-refractivity contribution >= 4 is 0 Å². The molecule has 2 heteroatoms. The van der Waals surface area contributed by atoms with Gasteiger partial charge in [0.15, 0.2) is 0 Å². The third-order valence-corrected chi connectivity index (χ3v) is 3.14. The maximum absolute atomic E-state index is 13.3. The topological polar surface area (TPSA) is 12.0 Å². The number of nitrogens with one attached hydrogen (secondary N) is 1. The molecule has 0 saturated heterocycles. The van der Waals surface area contributed by atoms with Crippen molar-refractivity contribution in [1.29, 1.82) is 0 Å². The molecular weight excluding hydrogens is 189 g/mol. The Balaban J connectivity index is 2.72. The van der Waals surface area contributed by atoms with Crippen molar-refractivity contribution in [3.8, 4) is 0 Å². The molecule has 0 aromatic rings. The molecule has 0 saturated carbocycles. The summed E-state index contributed by atoms with van der Waals surface area (Å²) in [7, 11) is 0. The molecule has 0 aromatic heterocycles. The summed E-state index contributed by atoms with van der Waals surface area (Å²) in [5, 5.41) is 3.39. The summed E-state index contributed by atoms with van der Waals surface area (Å²) in [5.41, 5.74) is 3.59. The SMILES string of the molecule is C=C(CC(F)CC)C1=C(C)CCNC1C. The molecule has 0 amide bonds. The minimum atomic E-state index is -0.744. The van der Waals surface area contributed by atoms with Crippen molar-refractivity contribution in [2.75, 3.05) is 6.54 Å². The third kappa shape index (κ3) is 3.16. The zero-order chi connectivity index (χ0) is 11.4. The van der Waals surface area contributed by atoms with Gasteiger partial charge in [0, 0.05) is 12.5 Å². The maximum Gasteiger partial charge on any atom is 0.104 e. The highest BCUT2D eigenvalue weighted by Gasteiger charge is 2.20. The van der Waals surface area contributed by atoms with Gasteiger partial charge in [-0.15, -0.1) is 0 Å². The first-order valence-corrected chi connectivity index (χ1v) is 5.81. The quantitative estimate of drug-likeness (QED) is 0.751. The predicted molar refractivity (Wildman–Crippen MR) is 63.7 cm³/mol. The normalized spacial score (nSPS) is 24.1. The van der Waals surface area contributed by atoms with Crippen molar-refractivity contribution in [2.24, 2.45) is 0 Å². The van der Waals surface area contributed by atoms with Crippen LogP contribution in [-0.2, 0) is 0 Å². The van der Waals surface area contributed by atoms with E-state index in [-0.39, 0.29) is 0 Å². The van der Waals surface area contributed by atoms with E-state index in [1.54, 1.807) is 0 Å². The van der Waals surface area contributed by atoms with Crippen LogP contribution >= 0.6 is 0 Å². The Morgan fingerprint density at radius 3 is 2.87 bits per heavy atom. The molecule has 0 spiro atoms. The lowest BCUT2D eigenvalue weighted by Gasteiger charge is -2.28. The Bertz CT molecular complexity index is 268. The van der Waals surface area contributed by atoms with Crippen molar-refractivity contribution in [1.82, 2.24) is 5.32 Å². The van der Waals surface area contributed by atoms with Crippen molar-refractivity contribution in [2.45, 2.75) is 52.2 Å². The largest absolute Gasteiger partial charge is 0.310 e. The lowest BCUT2D eigenvalue weighted by Crippen LogP contribution is -2.34. The molecule has 0 aromatic carbocycles. The molecule has 2 unspecified atom stereocenters. The van der Waals surface area contributed by atoms with E-state index in [1.807, 2.05) is 6.92 Å². The highest BCUT2D eigenvalue weighted by Crippen LogP contribution is 2.27. The van der Waals surface area contributed by atoms with E-state index in [4.69, 9.17) is 0 Å². The third-order valence-electron chi connectivity index (χ3n) is 3.14. The Morgan fingerprint density at radius 2 is 2.33 bits per heavy atom. The van der Waals surface area contributed by atoms with Crippen LogP contribution in [-0.4, -0.2) is 18.8 Å². The molecule has 0 fully saturated rings. The molecular formula is C13H22FN. The van der Waals surface area contributed by atoms with Crippen molar-refractivity contribution in [3.63, 3.8) is 0 Å². The van der Waals surface area contributed by atoms with Gasteiger partial charge in [-0.05, 0) is 44.4 Å². The number of halogens is 1. The van der Waals surface area contributed by atoms with Gasteiger partial charge in [0.2, 0.25) is 0 Å². The molecule has 86 valence electrons. The van der Waals surface area contributed by atoms with E-state index in [0.717, 1.165) is 18.5 Å². The van der Waals surface area contributed by atoms with Crippen LogP contribution in [0.4, 0.5) is 4.39 Å². The average Bonchev–Trinajstić information content (AvgIpc) is 2.17. The van der Waals surface area contributed by atoms with Crippen LogP contribution in [0.15, 0.2) is 23.3 Å². The molecule has 0 radical (unpaired) electrons. The molecule has 0 bridgehead atoms. The zero-order valence-corrected chi connectivity index (χ0v) is 10.1. The van der Waals surface area contributed by atoms with Gasteiger partial charge in [0.25, 0.3) is 0 Å². The highest BCUT2D eigenvalue weighted by molar-refractivity contribution is 5.38. The van der Waals surface area contributed by atoms with Gasteiger partial charge in [-0.3, -0.25) is 0 Å². The van der Waals surface area contributed by atoms with Crippen LogP contribution in [0, 0.1) is 0 Å². The molecule has 2 atom stereocenters. The van der Waals surface area contributed by atoms with E-state index < -0.39 is 6.17 Å². The minimum absolute atomic E-state index is 0.329. The van der Waals surface area contributed by atoms with Gasteiger partial charge in [-0.1, -0.05) is 19.1 Å². The predicted octanol–water partition coefficient (Wildman–Crippen LogP) is 3.38. The standard InChI is InChI=1S/C13H22FN/c1-5-12(14)8-10(3)13-9(2)6-7-15-11(13)4/h11-12,15H,3,5-8H2,1-2,4H3. The van der Waals surface area contributed by atoms with Crippen LogP contribution in [0.25, 0.3) is 0 Å². The lowest BCUT2D eigenvalue weighted by atomic mass is 9.88. The van der Waals surface area contributed by atoms with Gasteiger partial charge in [0.1, 0.15) is 6.17 Å². The Kier molecular flexibility index (Phi) is 4.52. The van der Waals surface area contributed by atoms with Crippen LogP contribution in [0.5, 0.6) is 0 Å².